The molecule has 2 heterocycles. The first-order valence-electron chi connectivity index (χ1n) is 15.1. The molecule has 0 N–H and O–H groups in total. The molecule has 0 spiro atoms. The van der Waals surface area contributed by atoms with Crippen LogP contribution in [0.4, 0.5) is 0 Å². The van der Waals surface area contributed by atoms with E-state index in [1.165, 1.54) is 0 Å². The van der Waals surface area contributed by atoms with Gasteiger partial charge in [0, 0.05) is 31.3 Å². The van der Waals surface area contributed by atoms with Crippen LogP contribution in [0.1, 0.15) is 62.4 Å². The molecule has 5 rings (SSSR count). The lowest BCUT2D eigenvalue weighted by molar-refractivity contribution is 1.20. The Bertz CT molecular complexity index is 1800. The van der Waals surface area contributed by atoms with Crippen LogP contribution in [0.5, 0.6) is 0 Å². The lowest BCUT2D eigenvalue weighted by Gasteiger charge is -2.21. The first-order chi connectivity index (χ1) is 20.3. The van der Waals surface area contributed by atoms with E-state index in [1.807, 2.05) is 12.1 Å². The van der Waals surface area contributed by atoms with Gasteiger partial charge in [-0.15, -0.1) is 33.8 Å². The van der Waals surface area contributed by atoms with Gasteiger partial charge in [0.1, 0.15) is 38.0 Å². The maximum Gasteiger partial charge on any atom is 0.138 e. The highest BCUT2D eigenvalue weighted by Gasteiger charge is 2.26. The Kier molecular flexibility index (Phi) is 8.67. The Morgan fingerprint density at radius 2 is 0.857 bits per heavy atom. The largest absolute Gasteiger partial charge is 0.192 e. The minimum Gasteiger partial charge on any atom is -0.192 e. The SMILES string of the molecule is CC[Si](C#Cc1c2cc3cc(C#N)sc3cc2c(C#C[Si](CC)(CC)CC)c2cc3cc(C#N)sc3cc12)(CC)CC. The van der Waals surface area contributed by atoms with Crippen LogP contribution in [0.15, 0.2) is 36.4 Å². The van der Waals surface area contributed by atoms with Gasteiger partial charge in [-0.05, 0) is 94.2 Å². The summed E-state index contributed by atoms with van der Waals surface area (Å²) < 4.78 is 2.21. The summed E-state index contributed by atoms with van der Waals surface area (Å²) >= 11 is 3.08. The molecule has 0 aliphatic heterocycles. The second-order valence-electron chi connectivity index (χ2n) is 11.2. The van der Waals surface area contributed by atoms with Crippen molar-refractivity contribution in [3.63, 3.8) is 0 Å². The second-order valence-corrected chi connectivity index (χ2v) is 23.3. The van der Waals surface area contributed by atoms with Crippen LogP contribution in [0.3, 0.4) is 0 Å². The highest BCUT2D eigenvalue weighted by molar-refractivity contribution is 7.20. The van der Waals surface area contributed by atoms with Crippen molar-refractivity contribution < 1.29 is 0 Å². The van der Waals surface area contributed by atoms with Crippen molar-refractivity contribution in [1.29, 1.82) is 10.5 Å². The van der Waals surface area contributed by atoms with Crippen molar-refractivity contribution in [2.75, 3.05) is 0 Å². The van der Waals surface area contributed by atoms with E-state index in [1.54, 1.807) is 22.7 Å². The van der Waals surface area contributed by atoms with E-state index < -0.39 is 16.1 Å². The summed E-state index contributed by atoms with van der Waals surface area (Å²) in [5.41, 5.74) is 9.87. The fraction of sp³-hybridized carbons (Fsp3) is 0.333. The molecule has 0 aliphatic rings. The number of hydrogen-bond acceptors (Lipinski definition) is 4. The molecule has 0 amide bonds. The van der Waals surface area contributed by atoms with Gasteiger partial charge in [-0.2, -0.15) is 10.5 Å². The van der Waals surface area contributed by atoms with Crippen molar-refractivity contribution in [2.24, 2.45) is 0 Å². The molecular weight excluding hydrogens is 581 g/mol. The van der Waals surface area contributed by atoms with E-state index in [4.69, 9.17) is 0 Å². The third-order valence-electron chi connectivity index (χ3n) is 9.58. The molecule has 0 saturated heterocycles. The van der Waals surface area contributed by atoms with E-state index in [0.29, 0.717) is 0 Å². The molecule has 0 atom stereocenters. The first-order valence-corrected chi connectivity index (χ1v) is 22.0. The molecule has 210 valence electrons. The van der Waals surface area contributed by atoms with Crippen LogP contribution >= 0.6 is 22.7 Å². The summed E-state index contributed by atoms with van der Waals surface area (Å²) in [6.45, 7) is 13.8. The second kappa shape index (κ2) is 12.1. The van der Waals surface area contributed by atoms with Crippen LogP contribution in [-0.4, -0.2) is 16.1 Å². The Hall–Kier alpha value is -3.37. The summed E-state index contributed by atoms with van der Waals surface area (Å²) in [6.07, 6.45) is 0. The van der Waals surface area contributed by atoms with Crippen molar-refractivity contribution in [2.45, 2.75) is 77.8 Å². The van der Waals surface area contributed by atoms with Crippen molar-refractivity contribution in [1.82, 2.24) is 0 Å². The molecule has 0 aliphatic carbocycles. The first kappa shape index (κ1) is 30.1. The molecule has 0 unspecified atom stereocenters. The quantitative estimate of drug-likeness (QED) is 0.108. The fourth-order valence-electron chi connectivity index (χ4n) is 6.09. The Labute approximate surface area is 260 Å². The number of nitriles is 2. The van der Waals surface area contributed by atoms with E-state index in [9.17, 15) is 10.5 Å². The predicted molar refractivity (Wildman–Crippen MR) is 190 cm³/mol. The predicted octanol–water partition coefficient (Wildman–Crippen LogP) is 11.0. The number of benzene rings is 3. The smallest absolute Gasteiger partial charge is 0.138 e. The maximum atomic E-state index is 9.68. The average molecular weight is 617 g/mol. The summed E-state index contributed by atoms with van der Waals surface area (Å²) in [7, 11) is -3.44. The molecule has 2 nitrogen and oxygen atoms in total. The number of hydrogen-bond donors (Lipinski definition) is 0. The van der Waals surface area contributed by atoms with Gasteiger partial charge in [-0.25, -0.2) is 0 Å². The molecule has 0 fully saturated rings. The number of rotatable bonds is 6. The fourth-order valence-corrected chi connectivity index (χ4v) is 12.7. The van der Waals surface area contributed by atoms with Gasteiger partial charge in [-0.3, -0.25) is 0 Å². The minimum atomic E-state index is -1.72. The zero-order valence-corrected chi connectivity index (χ0v) is 29.1. The molecule has 2 aromatic heterocycles. The van der Waals surface area contributed by atoms with Crippen molar-refractivity contribution >= 4 is 80.5 Å². The normalized spacial score (nSPS) is 11.7. The highest BCUT2D eigenvalue weighted by Crippen LogP contribution is 2.40. The van der Waals surface area contributed by atoms with Gasteiger partial charge in [0.2, 0.25) is 0 Å². The molecular formula is C36H36N2S2Si2. The molecule has 5 aromatic rings. The zero-order chi connectivity index (χ0) is 30.1. The van der Waals surface area contributed by atoms with Crippen LogP contribution < -0.4 is 0 Å². The number of thiophene rings is 2. The summed E-state index contributed by atoms with van der Waals surface area (Å²) in [5.74, 6) is 7.56. The molecule has 3 aromatic carbocycles. The minimum absolute atomic E-state index is 0.721. The summed E-state index contributed by atoms with van der Waals surface area (Å²) in [5, 5.41) is 26.0. The van der Waals surface area contributed by atoms with Crippen LogP contribution in [0.2, 0.25) is 36.3 Å². The zero-order valence-electron chi connectivity index (χ0n) is 25.4. The number of fused-ring (bicyclic) bond motifs is 4. The third-order valence-corrected chi connectivity index (χ3v) is 21.0. The third kappa shape index (κ3) is 5.19. The lowest BCUT2D eigenvalue weighted by Crippen LogP contribution is -2.29. The van der Waals surface area contributed by atoms with Crippen LogP contribution in [0, 0.1) is 45.6 Å². The monoisotopic (exact) mass is 616 g/mol. The van der Waals surface area contributed by atoms with Gasteiger partial charge < -0.3 is 0 Å². The summed E-state index contributed by atoms with van der Waals surface area (Å²) in [4.78, 5) is 1.44. The Balaban J connectivity index is 2.01. The van der Waals surface area contributed by atoms with Gasteiger partial charge >= 0.3 is 0 Å². The van der Waals surface area contributed by atoms with Crippen molar-refractivity contribution in [3.05, 3.63) is 57.3 Å². The molecule has 0 radical (unpaired) electrons. The van der Waals surface area contributed by atoms with Gasteiger partial charge in [0.15, 0.2) is 0 Å². The standard InChI is InChI=1S/C36H36N2S2Si2/c1-7-41(8-2,9-3)15-13-29-31-19-25-17-27(23-37)40-36(25)22-34(31)30(14-16-42(10-4,11-5)12-6)32-20-26-18-28(24-38)39-35(26)21-33(29)32/h17-22H,7-12H2,1-6H3. The molecule has 6 heteroatoms. The Morgan fingerprint density at radius 1 is 0.524 bits per heavy atom. The van der Waals surface area contributed by atoms with E-state index in [0.717, 1.165) is 98.9 Å². The van der Waals surface area contributed by atoms with E-state index in [2.05, 4.69) is 101 Å². The van der Waals surface area contributed by atoms with Gasteiger partial charge in [-0.1, -0.05) is 53.4 Å². The van der Waals surface area contributed by atoms with Crippen LogP contribution in [-0.2, 0) is 0 Å². The summed E-state index contributed by atoms with van der Waals surface area (Å²) in [6, 6.07) is 24.5. The maximum absolute atomic E-state index is 9.68. The lowest BCUT2D eigenvalue weighted by atomic mass is 9.91. The molecule has 42 heavy (non-hydrogen) atoms. The van der Waals surface area contributed by atoms with E-state index in [-0.39, 0.29) is 0 Å². The molecule has 0 bridgehead atoms. The highest BCUT2D eigenvalue weighted by atomic mass is 32.1. The number of nitrogens with zero attached hydrogens (tertiary/aromatic N) is 2. The Morgan fingerprint density at radius 3 is 1.17 bits per heavy atom. The van der Waals surface area contributed by atoms with E-state index >= 15 is 0 Å². The average Bonchev–Trinajstić information content (AvgIpc) is 3.64. The topological polar surface area (TPSA) is 47.6 Å². The van der Waals surface area contributed by atoms with Gasteiger partial charge in [0.25, 0.3) is 0 Å². The van der Waals surface area contributed by atoms with Crippen molar-refractivity contribution in [3.8, 4) is 35.1 Å². The van der Waals surface area contributed by atoms with Gasteiger partial charge in [0.05, 0.1) is 0 Å². The van der Waals surface area contributed by atoms with Crippen LogP contribution in [0.25, 0.3) is 41.7 Å². The molecule has 0 saturated carbocycles.